The molecule has 1 aliphatic heterocycles. The Bertz CT molecular complexity index is 755. The fourth-order valence-corrected chi connectivity index (χ4v) is 3.29. The zero-order chi connectivity index (χ0) is 18.6. The minimum atomic E-state index is -0.604. The third-order valence-electron chi connectivity index (χ3n) is 4.88. The molecule has 2 aromatic rings. The summed E-state index contributed by atoms with van der Waals surface area (Å²) >= 11 is 0. The lowest BCUT2D eigenvalue weighted by molar-refractivity contribution is -0.132. The molecule has 26 heavy (non-hydrogen) atoms. The number of nitrogens with one attached hydrogen (secondary N) is 1. The van der Waals surface area contributed by atoms with Crippen molar-refractivity contribution in [2.45, 2.75) is 26.3 Å². The van der Waals surface area contributed by atoms with Gasteiger partial charge < -0.3 is 19.4 Å². The summed E-state index contributed by atoms with van der Waals surface area (Å²) < 4.78 is 10.3. The number of hydrogen-bond donors (Lipinski definition) is 1. The fraction of sp³-hybridized carbons (Fsp3) is 0.400. The molecule has 3 rings (SSSR count). The van der Waals surface area contributed by atoms with Gasteiger partial charge in [-0.15, -0.1) is 0 Å². The standard InChI is InChI=1S/C20H24N2O4/c1-20(19(24)21-13-15-6-8-16(25-2)9-7-15)10-4-11-22(14-20)18(23)17-5-3-12-26-17/h3,5-9,12H,4,10-11,13-14H2,1-2H3,(H,21,24)/t20-/m0/s1. The van der Waals surface area contributed by atoms with E-state index >= 15 is 0 Å². The molecule has 0 saturated carbocycles. The van der Waals surface area contributed by atoms with Crippen molar-refractivity contribution in [3.63, 3.8) is 0 Å². The van der Waals surface area contributed by atoms with Crippen LogP contribution in [-0.4, -0.2) is 36.9 Å². The number of piperidine rings is 1. The smallest absolute Gasteiger partial charge is 0.289 e. The molecular weight excluding hydrogens is 332 g/mol. The van der Waals surface area contributed by atoms with Gasteiger partial charge in [0.25, 0.3) is 5.91 Å². The predicted octanol–water partition coefficient (Wildman–Crippen LogP) is 2.85. The van der Waals surface area contributed by atoms with Crippen LogP contribution in [0.3, 0.4) is 0 Å². The molecular formula is C20H24N2O4. The fourth-order valence-electron chi connectivity index (χ4n) is 3.29. The van der Waals surface area contributed by atoms with E-state index in [9.17, 15) is 9.59 Å². The molecule has 0 aliphatic carbocycles. The number of hydrogen-bond acceptors (Lipinski definition) is 4. The zero-order valence-electron chi connectivity index (χ0n) is 15.2. The lowest BCUT2D eigenvalue weighted by Gasteiger charge is -2.39. The van der Waals surface area contributed by atoms with Gasteiger partial charge in [0, 0.05) is 19.6 Å². The van der Waals surface area contributed by atoms with Gasteiger partial charge in [-0.3, -0.25) is 9.59 Å². The Morgan fingerprint density at radius 3 is 2.69 bits per heavy atom. The van der Waals surface area contributed by atoms with Gasteiger partial charge in [-0.2, -0.15) is 0 Å². The quantitative estimate of drug-likeness (QED) is 0.894. The molecule has 6 nitrogen and oxygen atoms in total. The molecule has 1 saturated heterocycles. The van der Waals surface area contributed by atoms with Gasteiger partial charge in [-0.25, -0.2) is 0 Å². The number of nitrogens with zero attached hydrogens (tertiary/aromatic N) is 1. The first-order valence-electron chi connectivity index (χ1n) is 8.76. The first-order valence-corrected chi connectivity index (χ1v) is 8.76. The van der Waals surface area contributed by atoms with Crippen LogP contribution in [0.25, 0.3) is 0 Å². The van der Waals surface area contributed by atoms with Crippen molar-refractivity contribution < 1.29 is 18.7 Å². The van der Waals surface area contributed by atoms with E-state index in [0.29, 0.717) is 25.4 Å². The maximum atomic E-state index is 12.8. The molecule has 1 aliphatic rings. The minimum Gasteiger partial charge on any atom is -0.497 e. The van der Waals surface area contributed by atoms with Crippen molar-refractivity contribution in [1.29, 1.82) is 0 Å². The predicted molar refractivity (Wildman–Crippen MR) is 96.8 cm³/mol. The first-order chi connectivity index (χ1) is 12.5. The van der Waals surface area contributed by atoms with Crippen molar-refractivity contribution in [1.82, 2.24) is 10.2 Å². The molecule has 2 heterocycles. The normalized spacial score (nSPS) is 19.8. The van der Waals surface area contributed by atoms with E-state index in [1.54, 1.807) is 24.1 Å². The van der Waals surface area contributed by atoms with Crippen molar-refractivity contribution in [2.75, 3.05) is 20.2 Å². The maximum absolute atomic E-state index is 12.8. The van der Waals surface area contributed by atoms with E-state index in [1.807, 2.05) is 31.2 Å². The second kappa shape index (κ2) is 7.64. The number of furan rings is 1. The lowest BCUT2D eigenvalue weighted by atomic mass is 9.80. The van der Waals surface area contributed by atoms with Crippen LogP contribution in [0.1, 0.15) is 35.9 Å². The van der Waals surface area contributed by atoms with Crippen LogP contribution in [-0.2, 0) is 11.3 Å². The summed E-state index contributed by atoms with van der Waals surface area (Å²) in [6.45, 7) is 3.39. The summed E-state index contributed by atoms with van der Waals surface area (Å²) in [5.41, 5.74) is 0.398. The van der Waals surface area contributed by atoms with Crippen LogP contribution < -0.4 is 10.1 Å². The Morgan fingerprint density at radius 2 is 2.04 bits per heavy atom. The Balaban J connectivity index is 1.60. The van der Waals surface area contributed by atoms with E-state index < -0.39 is 5.41 Å². The molecule has 2 amide bonds. The number of amides is 2. The number of ether oxygens (including phenoxy) is 1. The summed E-state index contributed by atoms with van der Waals surface area (Å²) in [6, 6.07) is 10.9. The molecule has 6 heteroatoms. The SMILES string of the molecule is COc1ccc(CNC(=O)[C@@]2(C)CCCN(C(=O)c3ccco3)C2)cc1. The summed E-state index contributed by atoms with van der Waals surface area (Å²) in [7, 11) is 1.62. The van der Waals surface area contributed by atoms with Crippen LogP contribution >= 0.6 is 0 Å². The second-order valence-corrected chi connectivity index (χ2v) is 6.90. The van der Waals surface area contributed by atoms with Crippen LogP contribution in [0, 0.1) is 5.41 Å². The summed E-state index contributed by atoms with van der Waals surface area (Å²) in [5.74, 6) is 0.897. The monoisotopic (exact) mass is 356 g/mol. The average Bonchev–Trinajstić information content (AvgIpc) is 3.20. The Labute approximate surface area is 153 Å². The number of benzene rings is 1. The summed E-state index contributed by atoms with van der Waals surface area (Å²) in [6.07, 6.45) is 3.03. The van der Waals surface area contributed by atoms with Gasteiger partial charge >= 0.3 is 0 Å². The highest BCUT2D eigenvalue weighted by molar-refractivity contribution is 5.92. The number of rotatable bonds is 5. The number of methoxy groups -OCH3 is 1. The van der Waals surface area contributed by atoms with Gasteiger partial charge in [0.2, 0.25) is 5.91 Å². The average molecular weight is 356 g/mol. The minimum absolute atomic E-state index is 0.0368. The lowest BCUT2D eigenvalue weighted by Crippen LogP contribution is -2.51. The third kappa shape index (κ3) is 3.90. The largest absolute Gasteiger partial charge is 0.497 e. The molecule has 0 unspecified atom stereocenters. The van der Waals surface area contributed by atoms with E-state index in [-0.39, 0.29) is 11.8 Å². The van der Waals surface area contributed by atoms with Crippen molar-refractivity contribution in [3.8, 4) is 5.75 Å². The van der Waals surface area contributed by atoms with Crippen molar-refractivity contribution in [2.24, 2.45) is 5.41 Å². The topological polar surface area (TPSA) is 71.8 Å². The molecule has 1 aromatic carbocycles. The second-order valence-electron chi connectivity index (χ2n) is 6.90. The first kappa shape index (κ1) is 18.0. The van der Waals surface area contributed by atoms with E-state index in [2.05, 4.69) is 5.32 Å². The zero-order valence-corrected chi connectivity index (χ0v) is 15.2. The molecule has 0 spiro atoms. The van der Waals surface area contributed by atoms with Crippen molar-refractivity contribution in [3.05, 3.63) is 54.0 Å². The highest BCUT2D eigenvalue weighted by Crippen LogP contribution is 2.30. The van der Waals surface area contributed by atoms with Gasteiger partial charge in [0.15, 0.2) is 5.76 Å². The molecule has 0 radical (unpaired) electrons. The third-order valence-corrected chi connectivity index (χ3v) is 4.88. The van der Waals surface area contributed by atoms with Crippen LogP contribution in [0.5, 0.6) is 5.75 Å². The molecule has 0 bridgehead atoms. The summed E-state index contributed by atoms with van der Waals surface area (Å²) in [5, 5.41) is 3.00. The molecule has 1 aromatic heterocycles. The van der Waals surface area contributed by atoms with Gasteiger partial charge in [0.05, 0.1) is 18.8 Å². The maximum Gasteiger partial charge on any atom is 0.289 e. The Morgan fingerprint density at radius 1 is 1.27 bits per heavy atom. The van der Waals surface area contributed by atoms with Crippen LogP contribution in [0.2, 0.25) is 0 Å². The van der Waals surface area contributed by atoms with Gasteiger partial charge in [-0.05, 0) is 49.6 Å². The molecule has 1 atom stereocenters. The van der Waals surface area contributed by atoms with E-state index in [0.717, 1.165) is 24.2 Å². The van der Waals surface area contributed by atoms with Gasteiger partial charge in [-0.1, -0.05) is 12.1 Å². The number of likely N-dealkylation sites (tertiary alicyclic amines) is 1. The van der Waals surface area contributed by atoms with Crippen molar-refractivity contribution >= 4 is 11.8 Å². The van der Waals surface area contributed by atoms with Gasteiger partial charge in [0.1, 0.15) is 5.75 Å². The number of carbonyl (C=O) groups is 2. The Hall–Kier alpha value is -2.76. The molecule has 138 valence electrons. The van der Waals surface area contributed by atoms with Crippen LogP contribution in [0.15, 0.2) is 47.1 Å². The Kier molecular flexibility index (Phi) is 5.30. The molecule has 1 fully saturated rings. The summed E-state index contributed by atoms with van der Waals surface area (Å²) in [4.78, 5) is 27.0. The number of carbonyl (C=O) groups excluding carboxylic acids is 2. The van der Waals surface area contributed by atoms with E-state index in [1.165, 1.54) is 6.26 Å². The van der Waals surface area contributed by atoms with E-state index in [4.69, 9.17) is 9.15 Å². The highest BCUT2D eigenvalue weighted by atomic mass is 16.5. The highest BCUT2D eigenvalue weighted by Gasteiger charge is 2.39. The molecule has 1 N–H and O–H groups in total. The van der Waals surface area contributed by atoms with Crippen LogP contribution in [0.4, 0.5) is 0 Å².